The number of ether oxygens (including phenoxy) is 1. The lowest BCUT2D eigenvalue weighted by Crippen LogP contribution is -2.51. The summed E-state index contributed by atoms with van der Waals surface area (Å²) in [6.07, 6.45) is 0.326. The molecule has 0 fully saturated rings. The minimum Gasteiger partial charge on any atom is -0.483 e. The van der Waals surface area contributed by atoms with Crippen LogP contribution in [-0.2, 0) is 28.0 Å². The lowest BCUT2D eigenvalue weighted by molar-refractivity contribution is -0.142. The zero-order valence-corrected chi connectivity index (χ0v) is 22.6. The van der Waals surface area contributed by atoms with E-state index in [0.717, 1.165) is 11.1 Å². The van der Waals surface area contributed by atoms with E-state index in [2.05, 4.69) is 26.1 Å². The van der Waals surface area contributed by atoms with Gasteiger partial charge in [-0.1, -0.05) is 98.6 Å². The molecule has 1 N–H and O–H groups in total. The molecule has 0 saturated heterocycles. The quantitative estimate of drug-likeness (QED) is 0.368. The highest BCUT2D eigenvalue weighted by atomic mass is 35.5. The van der Waals surface area contributed by atoms with Gasteiger partial charge in [-0.25, -0.2) is 0 Å². The van der Waals surface area contributed by atoms with E-state index in [1.54, 1.807) is 25.2 Å². The Hall–Kier alpha value is -3.02. The van der Waals surface area contributed by atoms with Crippen LogP contribution in [0.3, 0.4) is 0 Å². The average molecular weight is 527 g/mol. The molecular formula is C29H32Cl2N2O3. The van der Waals surface area contributed by atoms with E-state index in [-0.39, 0.29) is 30.4 Å². The maximum atomic E-state index is 13.7. The Morgan fingerprint density at radius 2 is 1.53 bits per heavy atom. The van der Waals surface area contributed by atoms with E-state index in [1.807, 2.05) is 54.6 Å². The highest BCUT2D eigenvalue weighted by molar-refractivity contribution is 6.36. The van der Waals surface area contributed by atoms with Gasteiger partial charge in [0.2, 0.25) is 5.91 Å². The molecule has 3 aromatic rings. The summed E-state index contributed by atoms with van der Waals surface area (Å²) in [4.78, 5) is 28.3. The van der Waals surface area contributed by atoms with E-state index in [0.29, 0.717) is 27.8 Å². The fourth-order valence-electron chi connectivity index (χ4n) is 4.01. The van der Waals surface area contributed by atoms with Crippen LogP contribution in [0.1, 0.15) is 37.5 Å². The van der Waals surface area contributed by atoms with Crippen molar-refractivity contribution in [2.75, 3.05) is 13.7 Å². The number of hydrogen-bond acceptors (Lipinski definition) is 3. The van der Waals surface area contributed by atoms with Crippen molar-refractivity contribution in [3.8, 4) is 5.75 Å². The molecule has 3 rings (SSSR count). The highest BCUT2D eigenvalue weighted by Gasteiger charge is 2.31. The van der Waals surface area contributed by atoms with Crippen molar-refractivity contribution in [3.05, 3.63) is 99.5 Å². The highest BCUT2D eigenvalue weighted by Crippen LogP contribution is 2.31. The van der Waals surface area contributed by atoms with Crippen molar-refractivity contribution in [1.82, 2.24) is 10.2 Å². The third-order valence-electron chi connectivity index (χ3n) is 5.95. The first-order valence-electron chi connectivity index (χ1n) is 11.8. The summed E-state index contributed by atoms with van der Waals surface area (Å²) in [7, 11) is 1.56. The van der Waals surface area contributed by atoms with Gasteiger partial charge in [0.15, 0.2) is 6.61 Å². The van der Waals surface area contributed by atoms with Crippen LogP contribution in [0.4, 0.5) is 0 Å². The SMILES string of the molecule is CNC(=O)C(Cc1ccccc1)N(Cc1c(Cl)cccc1Cl)C(=O)COc1ccccc1C(C)(C)C. The topological polar surface area (TPSA) is 58.6 Å². The fraction of sp³-hybridized carbons (Fsp3) is 0.310. The lowest BCUT2D eigenvalue weighted by atomic mass is 9.86. The van der Waals surface area contributed by atoms with Gasteiger partial charge < -0.3 is 15.0 Å². The minimum absolute atomic E-state index is 0.0620. The molecule has 0 saturated carbocycles. The fourth-order valence-corrected chi connectivity index (χ4v) is 4.53. The second-order valence-electron chi connectivity index (χ2n) is 9.58. The Morgan fingerprint density at radius 1 is 0.917 bits per heavy atom. The summed E-state index contributed by atoms with van der Waals surface area (Å²) in [6.45, 7) is 6.09. The molecule has 0 bridgehead atoms. The number of rotatable bonds is 9. The first-order chi connectivity index (χ1) is 17.1. The van der Waals surface area contributed by atoms with Gasteiger partial charge in [-0.05, 0) is 34.7 Å². The number of carbonyl (C=O) groups excluding carboxylic acids is 2. The third kappa shape index (κ3) is 7.02. The molecule has 0 heterocycles. The Kier molecular flexibility index (Phi) is 9.41. The Balaban J connectivity index is 1.95. The molecule has 7 heteroatoms. The molecule has 0 aliphatic carbocycles. The number of nitrogens with zero attached hydrogens (tertiary/aromatic N) is 1. The molecule has 190 valence electrons. The molecule has 1 unspecified atom stereocenters. The number of hydrogen-bond donors (Lipinski definition) is 1. The molecular weight excluding hydrogens is 495 g/mol. The van der Waals surface area contributed by atoms with E-state index in [9.17, 15) is 9.59 Å². The predicted molar refractivity (Wildman–Crippen MR) is 146 cm³/mol. The largest absolute Gasteiger partial charge is 0.483 e. The van der Waals surface area contributed by atoms with Gasteiger partial charge in [-0.15, -0.1) is 0 Å². The molecule has 1 atom stereocenters. The Bertz CT molecular complexity index is 1170. The first-order valence-corrected chi connectivity index (χ1v) is 12.6. The van der Waals surface area contributed by atoms with Gasteiger partial charge in [0, 0.05) is 35.6 Å². The zero-order chi connectivity index (χ0) is 26.3. The Labute approximate surface area is 223 Å². The van der Waals surface area contributed by atoms with Crippen molar-refractivity contribution in [2.24, 2.45) is 0 Å². The predicted octanol–water partition coefficient (Wildman–Crippen LogP) is 6.06. The lowest BCUT2D eigenvalue weighted by Gasteiger charge is -2.32. The van der Waals surface area contributed by atoms with E-state index < -0.39 is 6.04 Å². The molecule has 0 aromatic heterocycles. The second kappa shape index (κ2) is 12.3. The van der Waals surface area contributed by atoms with Crippen LogP contribution in [-0.4, -0.2) is 36.4 Å². The summed E-state index contributed by atoms with van der Waals surface area (Å²) in [5, 5.41) is 3.55. The van der Waals surface area contributed by atoms with E-state index in [1.165, 1.54) is 4.90 Å². The molecule has 2 amide bonds. The van der Waals surface area contributed by atoms with Crippen molar-refractivity contribution >= 4 is 35.0 Å². The van der Waals surface area contributed by atoms with Crippen molar-refractivity contribution < 1.29 is 14.3 Å². The number of amides is 2. The zero-order valence-electron chi connectivity index (χ0n) is 21.1. The van der Waals surface area contributed by atoms with Crippen LogP contribution in [0.2, 0.25) is 10.0 Å². The smallest absolute Gasteiger partial charge is 0.261 e. The average Bonchev–Trinajstić information content (AvgIpc) is 2.86. The molecule has 0 radical (unpaired) electrons. The first kappa shape index (κ1) is 27.6. The maximum absolute atomic E-state index is 13.7. The molecule has 5 nitrogen and oxygen atoms in total. The van der Waals surface area contributed by atoms with Crippen LogP contribution < -0.4 is 10.1 Å². The summed E-state index contributed by atoms with van der Waals surface area (Å²) in [5.74, 6) is -0.00155. The van der Waals surface area contributed by atoms with E-state index >= 15 is 0 Å². The molecule has 0 spiro atoms. The summed E-state index contributed by atoms with van der Waals surface area (Å²) in [5.41, 5.74) is 2.33. The van der Waals surface area contributed by atoms with Gasteiger partial charge in [-0.2, -0.15) is 0 Å². The van der Waals surface area contributed by atoms with Gasteiger partial charge in [0.25, 0.3) is 5.91 Å². The standard InChI is InChI=1S/C29H32Cl2N2O3/c1-29(2,3)22-13-8-9-16-26(22)36-19-27(34)33(18-21-23(30)14-10-15-24(21)31)25(28(35)32-4)17-20-11-6-5-7-12-20/h5-16,25H,17-19H2,1-4H3,(H,32,35). The summed E-state index contributed by atoms with van der Waals surface area (Å²) < 4.78 is 6.03. The number of likely N-dealkylation sites (N-methyl/N-ethyl adjacent to an activating group) is 1. The molecule has 0 aliphatic rings. The molecule has 0 aliphatic heterocycles. The number of para-hydroxylation sites is 1. The minimum atomic E-state index is -0.793. The van der Waals surface area contributed by atoms with Gasteiger partial charge in [-0.3, -0.25) is 9.59 Å². The van der Waals surface area contributed by atoms with Crippen LogP contribution in [0.25, 0.3) is 0 Å². The second-order valence-corrected chi connectivity index (χ2v) is 10.4. The summed E-state index contributed by atoms with van der Waals surface area (Å²) in [6, 6.07) is 21.6. The van der Waals surface area contributed by atoms with E-state index in [4.69, 9.17) is 27.9 Å². The Morgan fingerprint density at radius 3 is 2.14 bits per heavy atom. The van der Waals surface area contributed by atoms with Gasteiger partial charge >= 0.3 is 0 Å². The van der Waals surface area contributed by atoms with Crippen molar-refractivity contribution in [1.29, 1.82) is 0 Å². The molecule has 3 aromatic carbocycles. The number of benzene rings is 3. The van der Waals surface area contributed by atoms with Crippen molar-refractivity contribution in [3.63, 3.8) is 0 Å². The maximum Gasteiger partial charge on any atom is 0.261 e. The summed E-state index contributed by atoms with van der Waals surface area (Å²) >= 11 is 12.9. The van der Waals surface area contributed by atoms with Crippen LogP contribution in [0.5, 0.6) is 5.75 Å². The number of carbonyl (C=O) groups is 2. The van der Waals surface area contributed by atoms with Crippen molar-refractivity contribution in [2.45, 2.75) is 45.2 Å². The number of halogens is 2. The van der Waals surface area contributed by atoms with Gasteiger partial charge in [0.1, 0.15) is 11.8 Å². The van der Waals surface area contributed by atoms with Gasteiger partial charge in [0.05, 0.1) is 0 Å². The third-order valence-corrected chi connectivity index (χ3v) is 6.66. The van der Waals surface area contributed by atoms with Crippen LogP contribution in [0.15, 0.2) is 72.8 Å². The number of nitrogens with one attached hydrogen (secondary N) is 1. The van der Waals surface area contributed by atoms with Crippen LogP contribution >= 0.6 is 23.2 Å². The normalized spacial score (nSPS) is 12.1. The molecule has 36 heavy (non-hydrogen) atoms. The monoisotopic (exact) mass is 526 g/mol. The van der Waals surface area contributed by atoms with Crippen LogP contribution in [0, 0.1) is 0 Å².